The average Bonchev–Trinajstić information content (AvgIpc) is 3.50. The monoisotopic (exact) mass is 664 g/mol. The molecule has 0 saturated carbocycles. The normalized spacial score (nSPS) is 20.1. The number of hydrogen-bond donors (Lipinski definition) is 1. The van der Waals surface area contributed by atoms with Crippen molar-refractivity contribution in [1.82, 2.24) is 29.7 Å². The van der Waals surface area contributed by atoms with Crippen LogP contribution in [0.2, 0.25) is 0 Å². The van der Waals surface area contributed by atoms with Gasteiger partial charge < -0.3 is 29.3 Å². The molecule has 1 aromatic heterocycles. The van der Waals surface area contributed by atoms with Gasteiger partial charge in [0.05, 0.1) is 36.9 Å². The summed E-state index contributed by atoms with van der Waals surface area (Å²) < 4.78 is 26.6. The summed E-state index contributed by atoms with van der Waals surface area (Å²) in [4.78, 5) is 46.3. The van der Waals surface area contributed by atoms with Gasteiger partial charge in [0.25, 0.3) is 5.91 Å². The first-order valence-electron chi connectivity index (χ1n) is 16.4. The summed E-state index contributed by atoms with van der Waals surface area (Å²) >= 11 is 0. The maximum atomic E-state index is 14.9. The van der Waals surface area contributed by atoms with E-state index in [0.717, 1.165) is 0 Å². The summed E-state index contributed by atoms with van der Waals surface area (Å²) in [5.74, 6) is -1.22. The minimum absolute atomic E-state index is 0.00579. The molecule has 2 aliphatic rings. The number of nitrogens with zero attached hydrogens (tertiary/aromatic N) is 6. The number of carbonyl (C=O) groups is 3. The molecule has 0 aliphatic carbocycles. The van der Waals surface area contributed by atoms with Gasteiger partial charge >= 0.3 is 6.09 Å². The zero-order valence-electron chi connectivity index (χ0n) is 28.2. The number of halogens is 1. The van der Waals surface area contributed by atoms with E-state index in [0.29, 0.717) is 50.0 Å². The molecule has 3 aromatic rings. The molecule has 1 unspecified atom stereocenters. The van der Waals surface area contributed by atoms with Crippen LogP contribution in [0.4, 0.5) is 9.18 Å². The molecule has 3 amide bonds. The molecule has 0 bridgehead atoms. The highest BCUT2D eigenvalue weighted by atomic mass is 19.1. The lowest BCUT2D eigenvalue weighted by atomic mass is 9.74. The Morgan fingerprint density at radius 1 is 1.06 bits per heavy atom. The highest BCUT2D eigenvalue weighted by Crippen LogP contribution is 2.38. The molecule has 258 valence electrons. The van der Waals surface area contributed by atoms with E-state index in [9.17, 15) is 23.9 Å². The number of hydrogen-bond acceptors (Lipinski definition) is 7. The summed E-state index contributed by atoms with van der Waals surface area (Å²) in [7, 11) is 0. The van der Waals surface area contributed by atoms with Crippen molar-refractivity contribution in [3.05, 3.63) is 71.8 Å². The number of likely N-dealkylation sites (tertiary alicyclic amines) is 1. The smallest absolute Gasteiger partial charge is 0.407 e. The number of carbonyl (C=O) groups excluding carboxylic acids is 2. The van der Waals surface area contributed by atoms with Crippen molar-refractivity contribution in [2.45, 2.75) is 59.7 Å². The zero-order chi connectivity index (χ0) is 34.6. The lowest BCUT2D eigenvalue weighted by Crippen LogP contribution is -2.66. The summed E-state index contributed by atoms with van der Waals surface area (Å²) in [6.45, 7) is 11.8. The SMILES string of the molecule is CC(C)CN(C(=O)c1nnn(-c2ccccc2)c1COc1ccc(F)cc1)[C@H]1C[C@@H](C(=O)N2CCOCC2)CN(C(=O)O)C1C(C)(C)C. The molecule has 13 heteroatoms. The third-order valence-electron chi connectivity index (χ3n) is 8.83. The second-order valence-electron chi connectivity index (χ2n) is 13.9. The van der Waals surface area contributed by atoms with Gasteiger partial charge in [0.2, 0.25) is 5.91 Å². The largest absolute Gasteiger partial charge is 0.487 e. The fourth-order valence-electron chi connectivity index (χ4n) is 6.77. The molecule has 5 rings (SSSR count). The number of para-hydroxylation sites is 1. The number of aromatic nitrogens is 3. The first-order valence-corrected chi connectivity index (χ1v) is 16.4. The predicted molar refractivity (Wildman–Crippen MR) is 175 cm³/mol. The highest BCUT2D eigenvalue weighted by molar-refractivity contribution is 5.94. The number of morpholine rings is 1. The van der Waals surface area contributed by atoms with Crippen LogP contribution >= 0.6 is 0 Å². The van der Waals surface area contributed by atoms with Crippen molar-refractivity contribution < 1.29 is 33.4 Å². The van der Waals surface area contributed by atoms with Gasteiger partial charge in [-0.05, 0) is 54.2 Å². The Morgan fingerprint density at radius 2 is 1.73 bits per heavy atom. The minimum Gasteiger partial charge on any atom is -0.487 e. The number of benzene rings is 2. The first-order chi connectivity index (χ1) is 22.8. The van der Waals surface area contributed by atoms with Gasteiger partial charge in [-0.2, -0.15) is 0 Å². The van der Waals surface area contributed by atoms with Gasteiger partial charge in [-0.15, -0.1) is 5.10 Å². The molecule has 2 aromatic carbocycles. The number of carboxylic acid groups (broad SMARTS) is 1. The Bertz CT molecular complexity index is 1570. The molecule has 2 aliphatic heterocycles. The number of amides is 3. The summed E-state index contributed by atoms with van der Waals surface area (Å²) in [5.41, 5.74) is 0.513. The first kappa shape index (κ1) is 34.8. The van der Waals surface area contributed by atoms with Gasteiger partial charge in [-0.1, -0.05) is 58.0 Å². The van der Waals surface area contributed by atoms with Crippen LogP contribution in [0.15, 0.2) is 54.6 Å². The van der Waals surface area contributed by atoms with Crippen LogP contribution in [-0.4, -0.2) is 104 Å². The van der Waals surface area contributed by atoms with E-state index in [1.54, 1.807) is 14.5 Å². The van der Waals surface area contributed by atoms with Crippen molar-refractivity contribution in [1.29, 1.82) is 0 Å². The van der Waals surface area contributed by atoms with Gasteiger partial charge in [0.15, 0.2) is 5.69 Å². The number of rotatable bonds is 9. The van der Waals surface area contributed by atoms with E-state index in [1.807, 2.05) is 65.0 Å². The van der Waals surface area contributed by atoms with Crippen LogP contribution in [0.3, 0.4) is 0 Å². The standard InChI is InChI=1S/C35H45FN6O6/c1-23(2)20-40(28-19-24(32(43)39-15-17-47-18-16-39)21-41(34(45)46)31(28)35(3,4)5)33(44)30-29(22-48-27-13-11-25(36)12-14-27)42(38-37-30)26-9-7-6-8-10-26/h6-14,23-24,28,31H,15-22H2,1-5H3,(H,45,46)/t24-,28+,31?/m1/s1. The van der Waals surface area contributed by atoms with Gasteiger partial charge in [0.1, 0.15) is 23.9 Å². The fraction of sp³-hybridized carbons (Fsp3) is 0.514. The van der Waals surface area contributed by atoms with Crippen molar-refractivity contribution in [2.75, 3.05) is 39.4 Å². The average molecular weight is 665 g/mol. The van der Waals surface area contributed by atoms with Crippen molar-refractivity contribution in [3.63, 3.8) is 0 Å². The van der Waals surface area contributed by atoms with E-state index in [-0.39, 0.29) is 37.1 Å². The quantitative estimate of drug-likeness (QED) is 0.348. The lowest BCUT2D eigenvalue weighted by molar-refractivity contribution is -0.144. The van der Waals surface area contributed by atoms with Crippen molar-refractivity contribution in [3.8, 4) is 11.4 Å². The van der Waals surface area contributed by atoms with Crippen LogP contribution in [0, 0.1) is 23.1 Å². The zero-order valence-corrected chi connectivity index (χ0v) is 28.2. The van der Waals surface area contributed by atoms with E-state index >= 15 is 0 Å². The maximum absolute atomic E-state index is 14.9. The third kappa shape index (κ3) is 7.78. The molecule has 2 saturated heterocycles. The Morgan fingerprint density at radius 3 is 2.33 bits per heavy atom. The van der Waals surface area contributed by atoms with Crippen LogP contribution < -0.4 is 4.74 Å². The topological polar surface area (TPSA) is 130 Å². The third-order valence-corrected chi connectivity index (χ3v) is 8.83. The summed E-state index contributed by atoms with van der Waals surface area (Å²) in [6.07, 6.45) is -0.853. The second-order valence-corrected chi connectivity index (χ2v) is 13.9. The van der Waals surface area contributed by atoms with E-state index in [2.05, 4.69) is 10.3 Å². The lowest BCUT2D eigenvalue weighted by Gasteiger charge is -2.52. The summed E-state index contributed by atoms with van der Waals surface area (Å²) in [5, 5.41) is 19.2. The molecule has 12 nitrogen and oxygen atoms in total. The van der Waals surface area contributed by atoms with Gasteiger partial charge in [-0.3, -0.25) is 9.59 Å². The maximum Gasteiger partial charge on any atom is 0.407 e. The Balaban J connectivity index is 1.57. The Hall–Kier alpha value is -4.52. The predicted octanol–water partition coefficient (Wildman–Crippen LogP) is 4.73. The van der Waals surface area contributed by atoms with Crippen LogP contribution in [0.25, 0.3) is 5.69 Å². The molecule has 1 N–H and O–H groups in total. The fourth-order valence-corrected chi connectivity index (χ4v) is 6.77. The molecule has 0 spiro atoms. The molecular weight excluding hydrogens is 619 g/mol. The number of ether oxygens (including phenoxy) is 2. The summed E-state index contributed by atoms with van der Waals surface area (Å²) in [6, 6.07) is 13.5. The highest BCUT2D eigenvalue weighted by Gasteiger charge is 2.50. The van der Waals surface area contributed by atoms with E-state index in [1.165, 1.54) is 29.2 Å². The molecule has 0 radical (unpaired) electrons. The molecule has 3 heterocycles. The van der Waals surface area contributed by atoms with Crippen LogP contribution in [0.1, 0.15) is 57.2 Å². The minimum atomic E-state index is -1.14. The molecule has 2 fully saturated rings. The molecule has 3 atom stereocenters. The van der Waals surface area contributed by atoms with Crippen LogP contribution in [-0.2, 0) is 16.1 Å². The second kappa shape index (κ2) is 14.7. The van der Waals surface area contributed by atoms with Gasteiger partial charge in [-0.25, -0.2) is 13.9 Å². The Labute approximate surface area is 280 Å². The number of piperidine rings is 1. The van der Waals surface area contributed by atoms with E-state index < -0.39 is 41.2 Å². The molecule has 48 heavy (non-hydrogen) atoms. The Kier molecular flexibility index (Phi) is 10.7. The van der Waals surface area contributed by atoms with Crippen molar-refractivity contribution >= 4 is 17.9 Å². The van der Waals surface area contributed by atoms with Crippen LogP contribution in [0.5, 0.6) is 5.75 Å². The van der Waals surface area contributed by atoms with E-state index in [4.69, 9.17) is 9.47 Å². The van der Waals surface area contributed by atoms with Gasteiger partial charge in [0, 0.05) is 26.2 Å². The van der Waals surface area contributed by atoms with Crippen molar-refractivity contribution in [2.24, 2.45) is 17.3 Å². The molecular formula is C35H45FN6O6.